The fraction of sp³-hybridized carbons (Fsp3) is 0.125. The Labute approximate surface area is 119 Å². The van der Waals surface area contributed by atoms with Crippen molar-refractivity contribution in [3.05, 3.63) is 64.4 Å². The Hall–Kier alpha value is -2.07. The van der Waals surface area contributed by atoms with Crippen LogP contribution in [-0.2, 0) is 6.42 Å². The standard InChI is InChI=1S/C16H12FNOS/c1-10(19)13-7-6-12(17)8-11(13)9-16-18-14-4-2-3-5-15(14)20-16/h2-8H,9H2,1H3. The molecule has 0 saturated heterocycles. The molecule has 0 unspecified atom stereocenters. The molecule has 0 bridgehead atoms. The third-order valence-corrected chi connectivity index (χ3v) is 4.16. The van der Waals surface area contributed by atoms with Gasteiger partial charge in [0.05, 0.1) is 15.2 Å². The van der Waals surface area contributed by atoms with Crippen molar-refractivity contribution in [2.45, 2.75) is 13.3 Å². The summed E-state index contributed by atoms with van der Waals surface area (Å²) in [5, 5.41) is 0.888. The van der Waals surface area contributed by atoms with Crippen molar-refractivity contribution < 1.29 is 9.18 Å². The van der Waals surface area contributed by atoms with Crippen LogP contribution in [-0.4, -0.2) is 10.8 Å². The number of Topliss-reactive ketones (excluding diaryl/α,β-unsaturated/α-hetero) is 1. The van der Waals surface area contributed by atoms with Crippen LogP contribution in [0.4, 0.5) is 4.39 Å². The average Bonchev–Trinajstić information content (AvgIpc) is 2.80. The molecule has 2 nitrogen and oxygen atoms in total. The summed E-state index contributed by atoms with van der Waals surface area (Å²) in [5.74, 6) is -0.382. The van der Waals surface area contributed by atoms with E-state index in [9.17, 15) is 9.18 Å². The average molecular weight is 285 g/mol. The molecule has 0 atom stereocenters. The highest BCUT2D eigenvalue weighted by molar-refractivity contribution is 7.18. The molecule has 0 aliphatic carbocycles. The molecule has 0 radical (unpaired) electrons. The van der Waals surface area contributed by atoms with Crippen molar-refractivity contribution in [1.82, 2.24) is 4.98 Å². The van der Waals surface area contributed by atoms with E-state index in [4.69, 9.17) is 0 Å². The number of hydrogen-bond donors (Lipinski definition) is 0. The highest BCUT2D eigenvalue weighted by Gasteiger charge is 2.11. The van der Waals surface area contributed by atoms with E-state index < -0.39 is 0 Å². The van der Waals surface area contributed by atoms with Crippen molar-refractivity contribution >= 4 is 27.3 Å². The van der Waals surface area contributed by atoms with E-state index in [0.717, 1.165) is 15.2 Å². The molecular weight excluding hydrogens is 273 g/mol. The number of rotatable bonds is 3. The van der Waals surface area contributed by atoms with E-state index in [1.165, 1.54) is 19.1 Å². The number of halogens is 1. The summed E-state index contributed by atoms with van der Waals surface area (Å²) in [5.41, 5.74) is 2.19. The molecule has 100 valence electrons. The highest BCUT2D eigenvalue weighted by atomic mass is 32.1. The maximum absolute atomic E-state index is 13.4. The summed E-state index contributed by atoms with van der Waals surface area (Å²) in [7, 11) is 0. The lowest BCUT2D eigenvalue weighted by Gasteiger charge is -2.05. The number of aromatic nitrogens is 1. The Morgan fingerprint density at radius 2 is 2.05 bits per heavy atom. The summed E-state index contributed by atoms with van der Waals surface area (Å²) >= 11 is 1.57. The number of hydrogen-bond acceptors (Lipinski definition) is 3. The lowest BCUT2D eigenvalue weighted by Crippen LogP contribution is -2.01. The lowest BCUT2D eigenvalue weighted by molar-refractivity contribution is 0.101. The summed E-state index contributed by atoms with van der Waals surface area (Å²) in [6.07, 6.45) is 0.478. The zero-order valence-electron chi connectivity index (χ0n) is 10.9. The van der Waals surface area contributed by atoms with Crippen molar-refractivity contribution in [2.75, 3.05) is 0 Å². The molecule has 0 spiro atoms. The van der Waals surface area contributed by atoms with Gasteiger partial charge in [0.1, 0.15) is 5.82 Å². The second-order valence-corrected chi connectivity index (χ2v) is 5.72. The second kappa shape index (κ2) is 5.13. The fourth-order valence-corrected chi connectivity index (χ4v) is 3.20. The van der Waals surface area contributed by atoms with Crippen molar-refractivity contribution in [3.8, 4) is 0 Å². The van der Waals surface area contributed by atoms with E-state index in [1.807, 2.05) is 24.3 Å². The van der Waals surface area contributed by atoms with Crippen LogP contribution in [0, 0.1) is 5.82 Å². The molecule has 0 fully saturated rings. The number of nitrogens with zero attached hydrogens (tertiary/aromatic N) is 1. The number of carbonyl (C=O) groups is 1. The molecule has 0 saturated carbocycles. The minimum Gasteiger partial charge on any atom is -0.295 e. The van der Waals surface area contributed by atoms with Gasteiger partial charge < -0.3 is 0 Å². The first kappa shape index (κ1) is 12.9. The maximum Gasteiger partial charge on any atom is 0.160 e. The summed E-state index contributed by atoms with van der Waals surface area (Å²) in [4.78, 5) is 16.1. The molecule has 0 aliphatic heterocycles. The van der Waals surface area contributed by atoms with Gasteiger partial charge >= 0.3 is 0 Å². The molecule has 4 heteroatoms. The largest absolute Gasteiger partial charge is 0.295 e. The van der Waals surface area contributed by atoms with Crippen LogP contribution in [0.15, 0.2) is 42.5 Å². The van der Waals surface area contributed by atoms with Gasteiger partial charge in [0.2, 0.25) is 0 Å². The quantitative estimate of drug-likeness (QED) is 0.674. The molecule has 1 aromatic heterocycles. The van der Waals surface area contributed by atoms with Crippen molar-refractivity contribution in [1.29, 1.82) is 0 Å². The predicted octanol–water partition coefficient (Wildman–Crippen LogP) is 4.23. The zero-order valence-corrected chi connectivity index (χ0v) is 11.7. The van der Waals surface area contributed by atoms with Crippen LogP contribution in [0.5, 0.6) is 0 Å². The molecule has 0 amide bonds. The topological polar surface area (TPSA) is 30.0 Å². The lowest BCUT2D eigenvalue weighted by atomic mass is 10.0. The zero-order chi connectivity index (χ0) is 14.1. The van der Waals surface area contributed by atoms with Gasteiger partial charge in [-0.15, -0.1) is 11.3 Å². The number of fused-ring (bicyclic) bond motifs is 1. The predicted molar refractivity (Wildman–Crippen MR) is 78.8 cm³/mol. The van der Waals surface area contributed by atoms with Gasteiger partial charge in [-0.3, -0.25) is 4.79 Å². The first-order valence-electron chi connectivity index (χ1n) is 6.27. The van der Waals surface area contributed by atoms with E-state index >= 15 is 0 Å². The molecule has 0 N–H and O–H groups in total. The monoisotopic (exact) mass is 285 g/mol. The van der Waals surface area contributed by atoms with E-state index in [0.29, 0.717) is 17.5 Å². The third kappa shape index (κ3) is 2.47. The van der Waals surface area contributed by atoms with E-state index in [2.05, 4.69) is 4.98 Å². The van der Waals surface area contributed by atoms with Gasteiger partial charge in [0.25, 0.3) is 0 Å². The van der Waals surface area contributed by atoms with Crippen molar-refractivity contribution in [2.24, 2.45) is 0 Å². The summed E-state index contributed by atoms with van der Waals surface area (Å²) < 4.78 is 14.5. The van der Waals surface area contributed by atoms with Gasteiger partial charge in [0, 0.05) is 12.0 Å². The number of benzene rings is 2. The van der Waals surface area contributed by atoms with Gasteiger partial charge in [0.15, 0.2) is 5.78 Å². The summed E-state index contributed by atoms with van der Waals surface area (Å²) in [6, 6.07) is 12.1. The van der Waals surface area contributed by atoms with Crippen LogP contribution in [0.1, 0.15) is 27.9 Å². The van der Waals surface area contributed by atoms with Crippen LogP contribution in [0.2, 0.25) is 0 Å². The Bertz CT molecular complexity index is 761. The first-order valence-corrected chi connectivity index (χ1v) is 7.09. The van der Waals surface area contributed by atoms with Crippen LogP contribution < -0.4 is 0 Å². The fourth-order valence-electron chi connectivity index (χ4n) is 2.21. The Balaban J connectivity index is 2.01. The van der Waals surface area contributed by atoms with Crippen LogP contribution in [0.25, 0.3) is 10.2 Å². The van der Waals surface area contributed by atoms with Gasteiger partial charge in [-0.2, -0.15) is 0 Å². The van der Waals surface area contributed by atoms with Crippen LogP contribution in [0.3, 0.4) is 0 Å². The third-order valence-electron chi connectivity index (χ3n) is 3.13. The molecule has 1 heterocycles. The Morgan fingerprint density at radius 3 is 2.80 bits per heavy atom. The number of para-hydroxylation sites is 1. The van der Waals surface area contributed by atoms with Gasteiger partial charge in [-0.25, -0.2) is 9.37 Å². The smallest absolute Gasteiger partial charge is 0.160 e. The number of ketones is 1. The SMILES string of the molecule is CC(=O)c1ccc(F)cc1Cc1nc2ccccc2s1. The molecular formula is C16H12FNOS. The summed E-state index contributed by atoms with van der Waals surface area (Å²) in [6.45, 7) is 1.50. The highest BCUT2D eigenvalue weighted by Crippen LogP contribution is 2.25. The first-order chi connectivity index (χ1) is 9.63. The molecule has 2 aromatic carbocycles. The maximum atomic E-state index is 13.4. The number of thiazole rings is 1. The second-order valence-electron chi connectivity index (χ2n) is 4.61. The Kier molecular flexibility index (Phi) is 3.32. The van der Waals surface area contributed by atoms with Crippen LogP contribution >= 0.6 is 11.3 Å². The molecule has 3 rings (SSSR count). The molecule has 0 aliphatic rings. The van der Waals surface area contributed by atoms with Gasteiger partial charge in [-0.1, -0.05) is 12.1 Å². The van der Waals surface area contributed by atoms with E-state index in [1.54, 1.807) is 17.4 Å². The van der Waals surface area contributed by atoms with Crippen molar-refractivity contribution in [3.63, 3.8) is 0 Å². The molecule has 3 aromatic rings. The van der Waals surface area contributed by atoms with E-state index in [-0.39, 0.29) is 11.6 Å². The Morgan fingerprint density at radius 1 is 1.25 bits per heavy atom. The number of carbonyl (C=O) groups excluding carboxylic acids is 1. The minimum absolute atomic E-state index is 0.0545. The minimum atomic E-state index is -0.328. The van der Waals surface area contributed by atoms with Gasteiger partial charge in [-0.05, 0) is 42.8 Å². The molecule has 20 heavy (non-hydrogen) atoms. The normalized spacial score (nSPS) is 10.9.